The molecule has 2 rings (SSSR count). The average molecular weight is 253 g/mol. The van der Waals surface area contributed by atoms with Crippen molar-refractivity contribution >= 4 is 17.7 Å². The Balaban J connectivity index is 2.15. The molecule has 1 fully saturated rings. The summed E-state index contributed by atoms with van der Waals surface area (Å²) in [6, 6.07) is 7.50. The number of methoxy groups -OCH3 is 1. The summed E-state index contributed by atoms with van der Waals surface area (Å²) >= 11 is 1.62. The van der Waals surface area contributed by atoms with Gasteiger partial charge in [0.15, 0.2) is 0 Å². The van der Waals surface area contributed by atoms with E-state index in [4.69, 9.17) is 9.84 Å². The smallest absolute Gasteiger partial charge is 0.321 e. The third kappa shape index (κ3) is 2.80. The van der Waals surface area contributed by atoms with Gasteiger partial charge in [-0.3, -0.25) is 10.1 Å². The Hall–Kier alpha value is -1.04. The van der Waals surface area contributed by atoms with Crippen LogP contribution in [-0.4, -0.2) is 30.0 Å². The Morgan fingerprint density at radius 1 is 1.59 bits per heavy atom. The molecule has 2 atom stereocenters. The quantitative estimate of drug-likeness (QED) is 0.854. The SMILES string of the molecule is COCc1ccccc1C1N[C@@H](C(=O)O)CS1. The van der Waals surface area contributed by atoms with Gasteiger partial charge in [0.2, 0.25) is 0 Å². The summed E-state index contributed by atoms with van der Waals surface area (Å²) < 4.78 is 5.15. The molecular formula is C12H15NO3S. The second-order valence-corrected chi connectivity index (χ2v) is 5.04. The fourth-order valence-electron chi connectivity index (χ4n) is 1.87. The van der Waals surface area contributed by atoms with E-state index in [0.717, 1.165) is 11.1 Å². The second-order valence-electron chi connectivity index (χ2n) is 3.90. The minimum atomic E-state index is -0.788. The summed E-state index contributed by atoms with van der Waals surface area (Å²) in [4.78, 5) is 10.9. The van der Waals surface area contributed by atoms with Crippen molar-refractivity contribution in [1.29, 1.82) is 0 Å². The van der Waals surface area contributed by atoms with Crippen molar-refractivity contribution < 1.29 is 14.6 Å². The van der Waals surface area contributed by atoms with Gasteiger partial charge in [0.25, 0.3) is 0 Å². The topological polar surface area (TPSA) is 58.6 Å². The summed E-state index contributed by atoms with van der Waals surface area (Å²) in [5.41, 5.74) is 2.22. The van der Waals surface area contributed by atoms with E-state index in [1.54, 1.807) is 18.9 Å². The minimum absolute atomic E-state index is 0.0439. The molecule has 4 nitrogen and oxygen atoms in total. The van der Waals surface area contributed by atoms with Crippen LogP contribution in [0.25, 0.3) is 0 Å². The number of carbonyl (C=O) groups is 1. The van der Waals surface area contributed by atoms with Crippen molar-refractivity contribution in [2.45, 2.75) is 18.0 Å². The molecule has 0 aromatic heterocycles. The zero-order valence-corrected chi connectivity index (χ0v) is 10.4. The molecule has 5 heteroatoms. The molecule has 0 spiro atoms. The van der Waals surface area contributed by atoms with Gasteiger partial charge in [-0.25, -0.2) is 0 Å². The van der Waals surface area contributed by atoms with E-state index in [-0.39, 0.29) is 5.37 Å². The summed E-state index contributed by atoms with van der Waals surface area (Å²) in [7, 11) is 1.66. The number of carboxylic acids is 1. The van der Waals surface area contributed by atoms with Gasteiger partial charge in [-0.2, -0.15) is 0 Å². The first-order valence-corrected chi connectivity index (χ1v) is 6.44. The molecule has 17 heavy (non-hydrogen) atoms. The zero-order valence-electron chi connectivity index (χ0n) is 9.55. The molecule has 92 valence electrons. The van der Waals surface area contributed by atoms with Gasteiger partial charge < -0.3 is 9.84 Å². The molecule has 1 unspecified atom stereocenters. The number of hydrogen-bond donors (Lipinski definition) is 2. The van der Waals surface area contributed by atoms with Crippen LogP contribution in [0, 0.1) is 0 Å². The number of carboxylic acid groups (broad SMARTS) is 1. The minimum Gasteiger partial charge on any atom is -0.480 e. The molecule has 1 aliphatic heterocycles. The molecule has 1 aliphatic rings. The van der Waals surface area contributed by atoms with Crippen molar-refractivity contribution in [3.8, 4) is 0 Å². The van der Waals surface area contributed by atoms with Gasteiger partial charge in [-0.05, 0) is 11.1 Å². The lowest BCUT2D eigenvalue weighted by molar-refractivity contribution is -0.138. The number of thioether (sulfide) groups is 1. The zero-order chi connectivity index (χ0) is 12.3. The highest BCUT2D eigenvalue weighted by molar-refractivity contribution is 7.99. The van der Waals surface area contributed by atoms with Crippen LogP contribution in [-0.2, 0) is 16.1 Å². The van der Waals surface area contributed by atoms with Crippen LogP contribution < -0.4 is 5.32 Å². The number of hydrogen-bond acceptors (Lipinski definition) is 4. The Bertz CT molecular complexity index is 410. The van der Waals surface area contributed by atoms with Crippen molar-refractivity contribution in [1.82, 2.24) is 5.32 Å². The third-order valence-corrected chi connectivity index (χ3v) is 3.97. The summed E-state index contributed by atoms with van der Waals surface area (Å²) in [5.74, 6) is -0.189. The molecule has 0 bridgehead atoms. The van der Waals surface area contributed by atoms with Gasteiger partial charge in [0.1, 0.15) is 6.04 Å². The maximum atomic E-state index is 10.9. The summed E-state index contributed by atoms with van der Waals surface area (Å²) in [6.07, 6.45) is 0. The van der Waals surface area contributed by atoms with E-state index >= 15 is 0 Å². The molecule has 0 saturated carbocycles. The summed E-state index contributed by atoms with van der Waals surface area (Å²) in [6.45, 7) is 0.548. The first-order valence-electron chi connectivity index (χ1n) is 5.39. The lowest BCUT2D eigenvalue weighted by Gasteiger charge is -2.15. The second kappa shape index (κ2) is 5.53. The van der Waals surface area contributed by atoms with E-state index in [1.807, 2.05) is 24.3 Å². The van der Waals surface area contributed by atoms with E-state index < -0.39 is 12.0 Å². The molecular weight excluding hydrogens is 238 g/mol. The van der Waals surface area contributed by atoms with Gasteiger partial charge in [0, 0.05) is 12.9 Å². The molecule has 1 aromatic rings. The van der Waals surface area contributed by atoms with E-state index in [1.165, 1.54) is 0 Å². The van der Waals surface area contributed by atoms with Gasteiger partial charge in [-0.1, -0.05) is 24.3 Å². The molecule has 0 amide bonds. The van der Waals surface area contributed by atoms with E-state index in [0.29, 0.717) is 12.4 Å². The highest BCUT2D eigenvalue weighted by atomic mass is 32.2. The molecule has 1 aromatic carbocycles. The standard InChI is InChI=1S/C12H15NO3S/c1-16-6-8-4-2-3-5-9(8)11-13-10(7-17-11)12(14)15/h2-5,10-11,13H,6-7H2,1H3,(H,14,15)/t10-,11?/m1/s1. The maximum Gasteiger partial charge on any atom is 0.321 e. The Kier molecular flexibility index (Phi) is 4.04. The molecule has 1 saturated heterocycles. The molecule has 2 N–H and O–H groups in total. The van der Waals surface area contributed by atoms with Crippen molar-refractivity contribution in [3.05, 3.63) is 35.4 Å². The third-order valence-electron chi connectivity index (χ3n) is 2.72. The predicted molar refractivity (Wildman–Crippen MR) is 66.9 cm³/mol. The number of nitrogens with one attached hydrogen (secondary N) is 1. The predicted octanol–water partition coefficient (Wildman–Crippen LogP) is 1.62. The van der Waals surface area contributed by atoms with Crippen LogP contribution in [0.1, 0.15) is 16.5 Å². The van der Waals surface area contributed by atoms with Crippen molar-refractivity contribution in [3.63, 3.8) is 0 Å². The summed E-state index contributed by atoms with van der Waals surface area (Å²) in [5, 5.41) is 12.1. The number of benzene rings is 1. The van der Waals surface area contributed by atoms with E-state index in [9.17, 15) is 4.79 Å². The van der Waals surface area contributed by atoms with Crippen LogP contribution in [0.15, 0.2) is 24.3 Å². The average Bonchev–Trinajstić information content (AvgIpc) is 2.79. The largest absolute Gasteiger partial charge is 0.480 e. The van der Waals surface area contributed by atoms with Crippen LogP contribution >= 0.6 is 11.8 Å². The lowest BCUT2D eigenvalue weighted by atomic mass is 10.1. The van der Waals surface area contributed by atoms with Crippen LogP contribution in [0.5, 0.6) is 0 Å². The molecule has 0 aliphatic carbocycles. The number of aliphatic carboxylic acids is 1. The van der Waals surface area contributed by atoms with Crippen LogP contribution in [0.4, 0.5) is 0 Å². The Morgan fingerprint density at radius 3 is 3.00 bits per heavy atom. The monoisotopic (exact) mass is 253 g/mol. The van der Waals surface area contributed by atoms with E-state index in [2.05, 4.69) is 5.32 Å². The first-order chi connectivity index (χ1) is 8.22. The van der Waals surface area contributed by atoms with Gasteiger partial charge in [-0.15, -0.1) is 11.8 Å². The fourth-order valence-corrected chi connectivity index (χ4v) is 3.16. The molecule has 0 radical (unpaired) electrons. The highest BCUT2D eigenvalue weighted by Gasteiger charge is 2.31. The van der Waals surface area contributed by atoms with Gasteiger partial charge in [0.05, 0.1) is 12.0 Å². The van der Waals surface area contributed by atoms with Gasteiger partial charge >= 0.3 is 5.97 Å². The molecule has 1 heterocycles. The Labute approximate surface area is 104 Å². The van der Waals surface area contributed by atoms with Crippen LogP contribution in [0.3, 0.4) is 0 Å². The fraction of sp³-hybridized carbons (Fsp3) is 0.417. The Morgan fingerprint density at radius 2 is 2.35 bits per heavy atom. The normalized spacial score (nSPS) is 23.8. The number of ether oxygens (including phenoxy) is 1. The number of rotatable bonds is 4. The van der Waals surface area contributed by atoms with Crippen LogP contribution in [0.2, 0.25) is 0 Å². The first kappa shape index (κ1) is 12.4. The maximum absolute atomic E-state index is 10.9. The van der Waals surface area contributed by atoms with Crippen molar-refractivity contribution in [2.24, 2.45) is 0 Å². The van der Waals surface area contributed by atoms with Crippen molar-refractivity contribution in [2.75, 3.05) is 12.9 Å². The lowest BCUT2D eigenvalue weighted by Crippen LogP contribution is -2.33. The highest BCUT2D eigenvalue weighted by Crippen LogP contribution is 2.34.